The summed E-state index contributed by atoms with van der Waals surface area (Å²) in [5.74, 6) is 0.382. The second-order valence-corrected chi connectivity index (χ2v) is 5.13. The number of nitrogens with zero attached hydrogens (tertiary/aromatic N) is 1. The van der Waals surface area contributed by atoms with E-state index in [1.165, 1.54) is 0 Å². The second kappa shape index (κ2) is 8.50. The van der Waals surface area contributed by atoms with Crippen LogP contribution in [0.25, 0.3) is 0 Å². The molecule has 4 nitrogen and oxygen atoms in total. The molecule has 98 valence electrons. The molecule has 1 N–H and O–H groups in total. The Bertz CT molecular complexity index is 259. The Hall–Kier alpha value is -0.580. The lowest BCUT2D eigenvalue weighted by Crippen LogP contribution is -2.30. The minimum Gasteiger partial charge on any atom is -0.356 e. The number of alkyl halides is 1. The average Bonchev–Trinajstić information content (AvgIpc) is 2.71. The van der Waals surface area contributed by atoms with Gasteiger partial charge >= 0.3 is 0 Å². The molecule has 0 spiro atoms. The summed E-state index contributed by atoms with van der Waals surface area (Å²) in [5.41, 5.74) is 0. The number of amides is 2. The second-order valence-electron chi connectivity index (χ2n) is 4.33. The Morgan fingerprint density at radius 3 is 2.82 bits per heavy atom. The summed E-state index contributed by atoms with van der Waals surface area (Å²) < 4.78 is 0. The molecule has 0 aromatic heterocycles. The van der Waals surface area contributed by atoms with Crippen LogP contribution in [0.4, 0.5) is 0 Å². The summed E-state index contributed by atoms with van der Waals surface area (Å²) in [6.07, 6.45) is 5.11. The minimum absolute atomic E-state index is 0.124. The van der Waals surface area contributed by atoms with Gasteiger partial charge in [-0.3, -0.25) is 9.59 Å². The van der Waals surface area contributed by atoms with E-state index in [1.54, 1.807) is 0 Å². The quantitative estimate of drug-likeness (QED) is 0.548. The Labute approximate surface area is 111 Å². The van der Waals surface area contributed by atoms with Crippen molar-refractivity contribution >= 4 is 27.7 Å². The van der Waals surface area contributed by atoms with Crippen LogP contribution in [0.2, 0.25) is 0 Å². The fraction of sp³-hybridized carbons (Fsp3) is 0.833. The Balaban J connectivity index is 1.96. The van der Waals surface area contributed by atoms with Crippen molar-refractivity contribution in [3.63, 3.8) is 0 Å². The third-order valence-corrected chi connectivity index (χ3v) is 3.45. The summed E-state index contributed by atoms with van der Waals surface area (Å²) in [6.45, 7) is 2.34. The van der Waals surface area contributed by atoms with E-state index in [1.807, 2.05) is 4.90 Å². The van der Waals surface area contributed by atoms with Crippen LogP contribution in [-0.4, -0.2) is 41.7 Å². The zero-order chi connectivity index (χ0) is 12.5. The molecule has 2 amide bonds. The Morgan fingerprint density at radius 1 is 1.35 bits per heavy atom. The highest BCUT2D eigenvalue weighted by molar-refractivity contribution is 9.09. The summed E-state index contributed by atoms with van der Waals surface area (Å²) in [6, 6.07) is 0. The van der Waals surface area contributed by atoms with Gasteiger partial charge in [0.1, 0.15) is 0 Å². The molecule has 1 saturated heterocycles. The van der Waals surface area contributed by atoms with Gasteiger partial charge in [0.05, 0.1) is 0 Å². The van der Waals surface area contributed by atoms with E-state index in [0.717, 1.165) is 44.1 Å². The highest BCUT2D eigenvalue weighted by atomic mass is 79.9. The van der Waals surface area contributed by atoms with E-state index < -0.39 is 0 Å². The Kier molecular flexibility index (Phi) is 7.24. The SMILES string of the molecule is O=C(CCCCBr)NCCCN1CCCC1=O. The predicted octanol–water partition coefficient (Wildman–Crippen LogP) is 1.68. The first-order chi connectivity index (χ1) is 8.24. The van der Waals surface area contributed by atoms with Gasteiger partial charge in [-0.2, -0.15) is 0 Å². The highest BCUT2D eigenvalue weighted by Crippen LogP contribution is 2.09. The molecule has 0 unspecified atom stereocenters. The average molecular weight is 305 g/mol. The van der Waals surface area contributed by atoms with Crippen molar-refractivity contribution in [2.45, 2.75) is 38.5 Å². The lowest BCUT2D eigenvalue weighted by molar-refractivity contribution is -0.127. The van der Waals surface area contributed by atoms with E-state index in [2.05, 4.69) is 21.2 Å². The zero-order valence-corrected chi connectivity index (χ0v) is 11.8. The molecule has 0 atom stereocenters. The van der Waals surface area contributed by atoms with Gasteiger partial charge in [-0.25, -0.2) is 0 Å². The first kappa shape index (κ1) is 14.5. The topological polar surface area (TPSA) is 49.4 Å². The number of hydrogen-bond acceptors (Lipinski definition) is 2. The molecular weight excluding hydrogens is 284 g/mol. The molecule has 0 aliphatic carbocycles. The van der Waals surface area contributed by atoms with E-state index in [0.29, 0.717) is 19.4 Å². The van der Waals surface area contributed by atoms with Crippen molar-refractivity contribution in [3.05, 3.63) is 0 Å². The standard InChI is InChI=1S/C12H21BrN2O2/c13-7-2-1-5-11(16)14-8-4-10-15-9-3-6-12(15)17/h1-10H2,(H,14,16). The number of rotatable bonds is 8. The number of carbonyl (C=O) groups is 2. The van der Waals surface area contributed by atoms with Crippen molar-refractivity contribution < 1.29 is 9.59 Å². The van der Waals surface area contributed by atoms with E-state index in [4.69, 9.17) is 0 Å². The lowest BCUT2D eigenvalue weighted by Gasteiger charge is -2.15. The Morgan fingerprint density at radius 2 is 2.18 bits per heavy atom. The first-order valence-electron chi connectivity index (χ1n) is 6.34. The fourth-order valence-electron chi connectivity index (χ4n) is 1.91. The molecule has 1 aliphatic rings. The first-order valence-corrected chi connectivity index (χ1v) is 7.46. The molecule has 0 radical (unpaired) electrons. The van der Waals surface area contributed by atoms with Crippen molar-refractivity contribution in [2.75, 3.05) is 25.0 Å². The fourth-order valence-corrected chi connectivity index (χ4v) is 2.30. The zero-order valence-electron chi connectivity index (χ0n) is 10.2. The van der Waals surface area contributed by atoms with E-state index in [9.17, 15) is 9.59 Å². The van der Waals surface area contributed by atoms with Crippen LogP contribution in [0.3, 0.4) is 0 Å². The van der Waals surface area contributed by atoms with Gasteiger partial charge in [-0.05, 0) is 25.7 Å². The van der Waals surface area contributed by atoms with E-state index in [-0.39, 0.29) is 11.8 Å². The van der Waals surface area contributed by atoms with Gasteiger partial charge in [-0.15, -0.1) is 0 Å². The van der Waals surface area contributed by atoms with Gasteiger partial charge < -0.3 is 10.2 Å². The summed E-state index contributed by atoms with van der Waals surface area (Å²) in [7, 11) is 0. The highest BCUT2D eigenvalue weighted by Gasteiger charge is 2.18. The summed E-state index contributed by atoms with van der Waals surface area (Å²) in [5, 5.41) is 3.84. The minimum atomic E-state index is 0.124. The van der Waals surface area contributed by atoms with Crippen LogP contribution >= 0.6 is 15.9 Å². The van der Waals surface area contributed by atoms with Crippen molar-refractivity contribution in [2.24, 2.45) is 0 Å². The molecule has 1 fully saturated rings. The molecule has 0 bridgehead atoms. The van der Waals surface area contributed by atoms with Crippen LogP contribution in [-0.2, 0) is 9.59 Å². The normalized spacial score (nSPS) is 15.4. The smallest absolute Gasteiger partial charge is 0.222 e. The molecule has 1 rings (SSSR count). The van der Waals surface area contributed by atoms with Crippen molar-refractivity contribution in [3.8, 4) is 0 Å². The van der Waals surface area contributed by atoms with Crippen LogP contribution in [0.5, 0.6) is 0 Å². The number of nitrogens with one attached hydrogen (secondary N) is 1. The molecule has 0 aromatic carbocycles. The monoisotopic (exact) mass is 304 g/mol. The van der Waals surface area contributed by atoms with Gasteiger partial charge in [-0.1, -0.05) is 15.9 Å². The number of unbranched alkanes of at least 4 members (excludes halogenated alkanes) is 1. The molecule has 5 heteroatoms. The van der Waals surface area contributed by atoms with Gasteiger partial charge in [0.25, 0.3) is 0 Å². The number of hydrogen-bond donors (Lipinski definition) is 1. The van der Waals surface area contributed by atoms with Gasteiger partial charge in [0, 0.05) is 37.8 Å². The number of carbonyl (C=O) groups excluding carboxylic acids is 2. The lowest BCUT2D eigenvalue weighted by atomic mass is 10.2. The maximum Gasteiger partial charge on any atom is 0.222 e. The van der Waals surface area contributed by atoms with Crippen LogP contribution in [0, 0.1) is 0 Å². The molecule has 1 heterocycles. The summed E-state index contributed by atoms with van der Waals surface area (Å²) in [4.78, 5) is 24.6. The number of halogens is 1. The van der Waals surface area contributed by atoms with Crippen molar-refractivity contribution in [1.82, 2.24) is 10.2 Å². The van der Waals surface area contributed by atoms with Crippen LogP contribution < -0.4 is 5.32 Å². The van der Waals surface area contributed by atoms with Gasteiger partial charge in [0.15, 0.2) is 0 Å². The predicted molar refractivity (Wildman–Crippen MR) is 71.1 cm³/mol. The van der Waals surface area contributed by atoms with Gasteiger partial charge in [0.2, 0.25) is 11.8 Å². The maximum atomic E-state index is 11.4. The summed E-state index contributed by atoms with van der Waals surface area (Å²) >= 11 is 3.34. The number of likely N-dealkylation sites (tertiary alicyclic amines) is 1. The molecular formula is C12H21BrN2O2. The molecule has 17 heavy (non-hydrogen) atoms. The molecule has 1 aliphatic heterocycles. The third-order valence-electron chi connectivity index (χ3n) is 2.89. The molecule has 0 saturated carbocycles. The van der Waals surface area contributed by atoms with Crippen molar-refractivity contribution in [1.29, 1.82) is 0 Å². The third kappa shape index (κ3) is 6.05. The molecule has 0 aromatic rings. The maximum absolute atomic E-state index is 11.4. The van der Waals surface area contributed by atoms with E-state index >= 15 is 0 Å². The van der Waals surface area contributed by atoms with Crippen LogP contribution in [0.1, 0.15) is 38.5 Å². The van der Waals surface area contributed by atoms with Crippen LogP contribution in [0.15, 0.2) is 0 Å². The largest absolute Gasteiger partial charge is 0.356 e.